The molecule has 1 unspecified atom stereocenters. The molecule has 0 amide bonds. The van der Waals surface area contributed by atoms with Crippen LogP contribution in [0.3, 0.4) is 0 Å². The van der Waals surface area contributed by atoms with Gasteiger partial charge in [0.1, 0.15) is 18.5 Å². The van der Waals surface area contributed by atoms with Crippen LogP contribution in [0.15, 0.2) is 12.7 Å². The molecule has 64 valence electrons. The summed E-state index contributed by atoms with van der Waals surface area (Å²) < 4.78 is 5.46. The van der Waals surface area contributed by atoms with Crippen molar-refractivity contribution < 1.29 is 4.74 Å². The normalized spacial score (nSPS) is 22.8. The lowest BCUT2D eigenvalue weighted by atomic mass is 10.2. The molecule has 1 fully saturated rings. The van der Waals surface area contributed by atoms with Crippen molar-refractivity contribution in [2.75, 3.05) is 6.61 Å². The van der Waals surface area contributed by atoms with E-state index in [1.165, 1.54) is 12.7 Å². The molecule has 4 nitrogen and oxygen atoms in total. The monoisotopic (exact) mass is 165 g/mol. The Kier molecular flexibility index (Phi) is 2.27. The van der Waals surface area contributed by atoms with Crippen LogP contribution in [-0.2, 0) is 11.2 Å². The van der Waals surface area contributed by atoms with Crippen LogP contribution in [0.2, 0.25) is 0 Å². The largest absolute Gasteiger partial charge is 0.378 e. The van der Waals surface area contributed by atoms with Gasteiger partial charge in [0.2, 0.25) is 0 Å². The highest BCUT2D eigenvalue weighted by atomic mass is 16.5. The quantitative estimate of drug-likeness (QED) is 0.643. The Balaban J connectivity index is 1.94. The van der Waals surface area contributed by atoms with E-state index in [-0.39, 0.29) is 0 Å². The molecule has 1 aliphatic rings. The Morgan fingerprint density at radius 3 is 2.92 bits per heavy atom. The maximum Gasteiger partial charge on any atom is 0.134 e. The van der Waals surface area contributed by atoms with E-state index in [1.807, 2.05) is 0 Å². The van der Waals surface area contributed by atoms with E-state index in [0.717, 1.165) is 31.7 Å². The average Bonchev–Trinajstić information content (AvgIpc) is 2.59. The SMILES string of the molecule is c1ncnc(CC2CCCO2)n1. The van der Waals surface area contributed by atoms with E-state index in [1.54, 1.807) is 0 Å². The zero-order valence-electron chi connectivity index (χ0n) is 6.81. The number of hydrogen-bond donors (Lipinski definition) is 0. The summed E-state index contributed by atoms with van der Waals surface area (Å²) >= 11 is 0. The third kappa shape index (κ3) is 1.76. The minimum atomic E-state index is 0.326. The van der Waals surface area contributed by atoms with Gasteiger partial charge >= 0.3 is 0 Å². The lowest BCUT2D eigenvalue weighted by molar-refractivity contribution is 0.110. The van der Waals surface area contributed by atoms with E-state index >= 15 is 0 Å². The van der Waals surface area contributed by atoms with Crippen molar-refractivity contribution in [2.24, 2.45) is 0 Å². The number of nitrogens with zero attached hydrogens (tertiary/aromatic N) is 3. The summed E-state index contributed by atoms with van der Waals surface area (Å²) in [6.07, 6.45) is 6.49. The van der Waals surface area contributed by atoms with E-state index in [0.29, 0.717) is 6.10 Å². The van der Waals surface area contributed by atoms with Crippen LogP contribution in [0.1, 0.15) is 18.7 Å². The molecule has 1 aromatic rings. The van der Waals surface area contributed by atoms with Crippen LogP contribution < -0.4 is 0 Å². The van der Waals surface area contributed by atoms with Crippen LogP contribution in [0.25, 0.3) is 0 Å². The van der Waals surface area contributed by atoms with E-state index in [2.05, 4.69) is 15.0 Å². The fourth-order valence-corrected chi connectivity index (χ4v) is 1.38. The van der Waals surface area contributed by atoms with E-state index in [4.69, 9.17) is 4.74 Å². The zero-order chi connectivity index (χ0) is 8.23. The van der Waals surface area contributed by atoms with Gasteiger partial charge in [0.15, 0.2) is 0 Å². The molecule has 0 saturated carbocycles. The first-order valence-electron chi connectivity index (χ1n) is 4.17. The van der Waals surface area contributed by atoms with Gasteiger partial charge in [-0.3, -0.25) is 0 Å². The molecule has 0 bridgehead atoms. The molecule has 1 aromatic heterocycles. The first-order valence-corrected chi connectivity index (χ1v) is 4.17. The van der Waals surface area contributed by atoms with Gasteiger partial charge in [-0.1, -0.05) is 0 Å². The summed E-state index contributed by atoms with van der Waals surface area (Å²) in [7, 11) is 0. The second-order valence-corrected chi connectivity index (χ2v) is 2.89. The molecule has 0 spiro atoms. The fourth-order valence-electron chi connectivity index (χ4n) is 1.38. The summed E-state index contributed by atoms with van der Waals surface area (Å²) in [4.78, 5) is 11.8. The molecule has 4 heteroatoms. The van der Waals surface area contributed by atoms with Gasteiger partial charge in [-0.2, -0.15) is 0 Å². The maximum atomic E-state index is 5.46. The Morgan fingerprint density at radius 2 is 2.25 bits per heavy atom. The molecule has 0 radical (unpaired) electrons. The number of hydrogen-bond acceptors (Lipinski definition) is 4. The van der Waals surface area contributed by atoms with Gasteiger partial charge in [-0.25, -0.2) is 15.0 Å². The predicted molar refractivity (Wildman–Crippen MR) is 42.5 cm³/mol. The first-order chi connectivity index (χ1) is 5.95. The lowest BCUT2D eigenvalue weighted by Crippen LogP contribution is -2.11. The van der Waals surface area contributed by atoms with Crippen molar-refractivity contribution in [3.63, 3.8) is 0 Å². The van der Waals surface area contributed by atoms with Crippen LogP contribution in [0, 0.1) is 0 Å². The molecular formula is C8H11N3O. The average molecular weight is 165 g/mol. The van der Waals surface area contributed by atoms with Crippen molar-refractivity contribution >= 4 is 0 Å². The maximum absolute atomic E-state index is 5.46. The van der Waals surface area contributed by atoms with Crippen molar-refractivity contribution in [3.8, 4) is 0 Å². The van der Waals surface area contributed by atoms with E-state index < -0.39 is 0 Å². The zero-order valence-corrected chi connectivity index (χ0v) is 6.81. The molecule has 1 atom stereocenters. The summed E-state index contributed by atoms with van der Waals surface area (Å²) in [6.45, 7) is 0.885. The second kappa shape index (κ2) is 3.58. The van der Waals surface area contributed by atoms with E-state index in [9.17, 15) is 0 Å². The summed E-state index contributed by atoms with van der Waals surface area (Å²) in [5.41, 5.74) is 0. The summed E-state index contributed by atoms with van der Waals surface area (Å²) in [6, 6.07) is 0. The highest BCUT2D eigenvalue weighted by Crippen LogP contribution is 2.14. The van der Waals surface area contributed by atoms with Gasteiger partial charge < -0.3 is 4.74 Å². The topological polar surface area (TPSA) is 47.9 Å². The number of rotatable bonds is 2. The van der Waals surface area contributed by atoms with Crippen LogP contribution >= 0.6 is 0 Å². The summed E-state index contributed by atoms with van der Waals surface area (Å²) in [5, 5.41) is 0. The standard InChI is InChI=1S/C8H11N3O/c1-2-7(12-3-1)4-8-10-5-9-6-11-8/h5-7H,1-4H2. The number of aromatic nitrogens is 3. The molecule has 0 N–H and O–H groups in total. The molecule has 0 aromatic carbocycles. The van der Waals surface area contributed by atoms with Gasteiger partial charge in [-0.05, 0) is 12.8 Å². The van der Waals surface area contributed by atoms with Crippen LogP contribution in [0.5, 0.6) is 0 Å². The molecule has 2 heterocycles. The predicted octanol–water partition coefficient (Wildman–Crippen LogP) is 0.593. The fraction of sp³-hybridized carbons (Fsp3) is 0.625. The molecule has 1 aliphatic heterocycles. The van der Waals surface area contributed by atoms with Crippen molar-refractivity contribution in [1.82, 2.24) is 15.0 Å². The molecule has 0 aliphatic carbocycles. The molecule has 12 heavy (non-hydrogen) atoms. The van der Waals surface area contributed by atoms with Gasteiger partial charge in [0.05, 0.1) is 6.10 Å². The van der Waals surface area contributed by atoms with Crippen molar-refractivity contribution in [1.29, 1.82) is 0 Å². The van der Waals surface area contributed by atoms with Crippen molar-refractivity contribution in [2.45, 2.75) is 25.4 Å². The lowest BCUT2D eigenvalue weighted by Gasteiger charge is -2.06. The minimum absolute atomic E-state index is 0.326. The minimum Gasteiger partial charge on any atom is -0.378 e. The van der Waals surface area contributed by atoms with Gasteiger partial charge in [-0.15, -0.1) is 0 Å². The third-order valence-electron chi connectivity index (χ3n) is 1.98. The molecular weight excluding hydrogens is 154 g/mol. The Labute approximate surface area is 71.0 Å². The first kappa shape index (κ1) is 7.61. The Morgan fingerprint density at radius 1 is 1.42 bits per heavy atom. The van der Waals surface area contributed by atoms with Crippen LogP contribution in [0.4, 0.5) is 0 Å². The summed E-state index contributed by atoms with van der Waals surface area (Å²) in [5.74, 6) is 0.830. The van der Waals surface area contributed by atoms with Crippen LogP contribution in [-0.4, -0.2) is 27.7 Å². The smallest absolute Gasteiger partial charge is 0.134 e. The van der Waals surface area contributed by atoms with Crippen molar-refractivity contribution in [3.05, 3.63) is 18.5 Å². The molecule has 2 rings (SSSR count). The highest BCUT2D eigenvalue weighted by molar-refractivity contribution is 4.86. The highest BCUT2D eigenvalue weighted by Gasteiger charge is 2.16. The second-order valence-electron chi connectivity index (χ2n) is 2.89. The van der Waals surface area contributed by atoms with Gasteiger partial charge in [0, 0.05) is 13.0 Å². The van der Waals surface area contributed by atoms with Gasteiger partial charge in [0.25, 0.3) is 0 Å². The Hall–Kier alpha value is -1.03. The Bertz CT molecular complexity index is 233. The molecule has 1 saturated heterocycles. The number of ether oxygens (including phenoxy) is 1. The third-order valence-corrected chi connectivity index (χ3v) is 1.98.